The summed E-state index contributed by atoms with van der Waals surface area (Å²) in [6, 6.07) is 9.09. The molecule has 0 aromatic heterocycles. The molecule has 0 unspecified atom stereocenters. The van der Waals surface area contributed by atoms with Crippen molar-refractivity contribution in [3.63, 3.8) is 0 Å². The molecule has 5 heteroatoms. The summed E-state index contributed by atoms with van der Waals surface area (Å²) >= 11 is 0. The van der Waals surface area contributed by atoms with Crippen molar-refractivity contribution in [2.75, 3.05) is 20.3 Å². The van der Waals surface area contributed by atoms with E-state index in [0.29, 0.717) is 6.54 Å². The molecule has 1 aromatic carbocycles. The Morgan fingerprint density at radius 2 is 2.29 bits per heavy atom. The van der Waals surface area contributed by atoms with Gasteiger partial charge in [0.25, 0.3) is 5.91 Å². The molecule has 1 heterocycles. The second kappa shape index (κ2) is 7.46. The average molecular weight is 286 g/mol. The van der Waals surface area contributed by atoms with Crippen LogP contribution in [0.5, 0.6) is 5.75 Å². The highest BCUT2D eigenvalue weighted by molar-refractivity contribution is 6.01. The Bertz CT molecular complexity index is 552. The molecule has 0 saturated carbocycles. The van der Waals surface area contributed by atoms with E-state index in [0.717, 1.165) is 30.8 Å². The number of nitrogens with zero attached hydrogens (tertiary/aromatic N) is 1. The van der Waals surface area contributed by atoms with Crippen LogP contribution in [0.25, 0.3) is 6.08 Å². The molecule has 0 spiro atoms. The van der Waals surface area contributed by atoms with Gasteiger partial charge in [0.15, 0.2) is 0 Å². The molecule has 1 amide bonds. The molecule has 1 atom stereocenters. The van der Waals surface area contributed by atoms with Crippen LogP contribution in [-0.4, -0.2) is 32.3 Å². The molecule has 1 N–H and O–H groups in total. The molecule has 110 valence electrons. The maximum Gasteiger partial charge on any atom is 0.262 e. The van der Waals surface area contributed by atoms with Crippen LogP contribution in [-0.2, 0) is 9.53 Å². The van der Waals surface area contributed by atoms with Crippen molar-refractivity contribution in [3.05, 3.63) is 35.4 Å². The minimum absolute atomic E-state index is 0.0647. The average Bonchev–Trinajstić information content (AvgIpc) is 3.04. The largest absolute Gasteiger partial charge is 0.497 e. The number of ether oxygens (including phenoxy) is 2. The SMILES string of the molecule is COc1ccc(/C=C(\C#N)C(=O)NC[C@H]2CCCO2)cc1. The maximum absolute atomic E-state index is 12.0. The van der Waals surface area contributed by atoms with Gasteiger partial charge in [-0.2, -0.15) is 5.26 Å². The van der Waals surface area contributed by atoms with E-state index in [1.807, 2.05) is 6.07 Å². The van der Waals surface area contributed by atoms with Crippen LogP contribution in [0.3, 0.4) is 0 Å². The highest BCUT2D eigenvalue weighted by atomic mass is 16.5. The van der Waals surface area contributed by atoms with Crippen molar-refractivity contribution >= 4 is 12.0 Å². The van der Waals surface area contributed by atoms with E-state index < -0.39 is 0 Å². The fourth-order valence-electron chi connectivity index (χ4n) is 2.12. The van der Waals surface area contributed by atoms with Crippen molar-refractivity contribution in [1.82, 2.24) is 5.32 Å². The van der Waals surface area contributed by atoms with Crippen LogP contribution in [0.4, 0.5) is 0 Å². The molecule has 1 aliphatic rings. The fraction of sp³-hybridized carbons (Fsp3) is 0.375. The molecule has 1 aliphatic heterocycles. The zero-order valence-electron chi connectivity index (χ0n) is 12.0. The lowest BCUT2D eigenvalue weighted by molar-refractivity contribution is -0.117. The summed E-state index contributed by atoms with van der Waals surface area (Å²) < 4.78 is 10.5. The van der Waals surface area contributed by atoms with Crippen LogP contribution in [0, 0.1) is 11.3 Å². The molecule has 21 heavy (non-hydrogen) atoms. The molecule has 2 rings (SSSR count). The van der Waals surface area contributed by atoms with Gasteiger partial charge >= 0.3 is 0 Å². The van der Waals surface area contributed by atoms with Gasteiger partial charge in [-0.25, -0.2) is 0 Å². The summed E-state index contributed by atoms with van der Waals surface area (Å²) in [6.45, 7) is 1.19. The van der Waals surface area contributed by atoms with Gasteiger partial charge in [-0.3, -0.25) is 4.79 Å². The van der Waals surface area contributed by atoms with Crippen LogP contribution < -0.4 is 10.1 Å². The second-order valence-electron chi connectivity index (χ2n) is 4.79. The Kier molecular flexibility index (Phi) is 5.35. The lowest BCUT2D eigenvalue weighted by atomic mass is 10.1. The third kappa shape index (κ3) is 4.33. The lowest BCUT2D eigenvalue weighted by Gasteiger charge is -2.10. The van der Waals surface area contributed by atoms with Crippen LogP contribution in [0.2, 0.25) is 0 Å². The number of nitrogens with one attached hydrogen (secondary N) is 1. The minimum Gasteiger partial charge on any atom is -0.497 e. The molecule has 0 bridgehead atoms. The number of carbonyl (C=O) groups is 1. The monoisotopic (exact) mass is 286 g/mol. The van der Waals surface area contributed by atoms with E-state index >= 15 is 0 Å². The van der Waals surface area contributed by atoms with Gasteiger partial charge in [0.2, 0.25) is 0 Å². The zero-order chi connectivity index (χ0) is 15.1. The first-order chi connectivity index (χ1) is 10.2. The summed E-state index contributed by atoms with van der Waals surface area (Å²) in [7, 11) is 1.59. The summed E-state index contributed by atoms with van der Waals surface area (Å²) in [4.78, 5) is 12.0. The third-order valence-corrected chi connectivity index (χ3v) is 3.31. The summed E-state index contributed by atoms with van der Waals surface area (Å²) in [5.74, 6) is 0.359. The van der Waals surface area contributed by atoms with Crippen molar-refractivity contribution in [1.29, 1.82) is 5.26 Å². The number of hydrogen-bond acceptors (Lipinski definition) is 4. The summed E-state index contributed by atoms with van der Waals surface area (Å²) in [5, 5.41) is 11.9. The number of benzene rings is 1. The van der Waals surface area contributed by atoms with E-state index in [2.05, 4.69) is 5.32 Å². The van der Waals surface area contributed by atoms with Crippen molar-refractivity contribution in [3.8, 4) is 11.8 Å². The Labute approximate surface area is 124 Å². The van der Waals surface area contributed by atoms with E-state index in [1.165, 1.54) is 0 Å². The van der Waals surface area contributed by atoms with Crippen molar-refractivity contribution in [2.45, 2.75) is 18.9 Å². The molecule has 1 fully saturated rings. The first kappa shape index (κ1) is 15.1. The smallest absolute Gasteiger partial charge is 0.262 e. The Balaban J connectivity index is 1.98. The molecule has 1 aromatic rings. The van der Waals surface area contributed by atoms with Gasteiger partial charge in [0.1, 0.15) is 17.4 Å². The number of hydrogen-bond donors (Lipinski definition) is 1. The third-order valence-electron chi connectivity index (χ3n) is 3.31. The highest BCUT2D eigenvalue weighted by Gasteiger charge is 2.17. The van der Waals surface area contributed by atoms with Crippen molar-refractivity contribution < 1.29 is 14.3 Å². The first-order valence-electron chi connectivity index (χ1n) is 6.88. The molecule has 1 saturated heterocycles. The van der Waals surface area contributed by atoms with Crippen LogP contribution in [0.15, 0.2) is 29.8 Å². The predicted molar refractivity (Wildman–Crippen MR) is 78.6 cm³/mol. The van der Waals surface area contributed by atoms with Crippen LogP contribution >= 0.6 is 0 Å². The van der Waals surface area contributed by atoms with Gasteiger partial charge in [-0.05, 0) is 36.6 Å². The molecular weight excluding hydrogens is 268 g/mol. The molecule has 5 nitrogen and oxygen atoms in total. The van der Waals surface area contributed by atoms with E-state index in [9.17, 15) is 4.79 Å². The Hall–Kier alpha value is -2.32. The first-order valence-corrected chi connectivity index (χ1v) is 6.88. The quantitative estimate of drug-likeness (QED) is 0.663. The molecule has 0 aliphatic carbocycles. The maximum atomic E-state index is 12.0. The summed E-state index contributed by atoms with van der Waals surface area (Å²) in [5.41, 5.74) is 0.859. The summed E-state index contributed by atoms with van der Waals surface area (Å²) in [6.07, 6.45) is 3.59. The molecule has 0 radical (unpaired) electrons. The Morgan fingerprint density at radius 3 is 2.86 bits per heavy atom. The van der Waals surface area contributed by atoms with Crippen molar-refractivity contribution in [2.24, 2.45) is 0 Å². The number of carbonyl (C=O) groups excluding carboxylic acids is 1. The van der Waals surface area contributed by atoms with E-state index in [-0.39, 0.29) is 17.6 Å². The topological polar surface area (TPSA) is 71.3 Å². The number of amides is 1. The number of nitriles is 1. The number of rotatable bonds is 5. The second-order valence-corrected chi connectivity index (χ2v) is 4.79. The van der Waals surface area contributed by atoms with Gasteiger partial charge in [-0.1, -0.05) is 12.1 Å². The lowest BCUT2D eigenvalue weighted by Crippen LogP contribution is -2.32. The normalized spacial score (nSPS) is 18.1. The standard InChI is InChI=1S/C16H18N2O3/c1-20-14-6-4-12(5-7-14)9-13(10-17)16(19)18-11-15-3-2-8-21-15/h4-7,9,15H,2-3,8,11H2,1H3,(H,18,19)/b13-9+/t15-/m1/s1. The van der Waals surface area contributed by atoms with Gasteiger partial charge in [0, 0.05) is 13.2 Å². The molecular formula is C16H18N2O3. The zero-order valence-corrected chi connectivity index (χ0v) is 12.0. The predicted octanol–water partition coefficient (Wildman–Crippen LogP) is 1.90. The van der Waals surface area contributed by atoms with E-state index in [1.54, 1.807) is 37.5 Å². The fourth-order valence-corrected chi connectivity index (χ4v) is 2.12. The number of methoxy groups -OCH3 is 1. The van der Waals surface area contributed by atoms with Gasteiger partial charge < -0.3 is 14.8 Å². The van der Waals surface area contributed by atoms with E-state index in [4.69, 9.17) is 14.7 Å². The minimum atomic E-state index is -0.371. The Morgan fingerprint density at radius 1 is 1.52 bits per heavy atom. The van der Waals surface area contributed by atoms with Crippen LogP contribution in [0.1, 0.15) is 18.4 Å². The van der Waals surface area contributed by atoms with Gasteiger partial charge in [0.05, 0.1) is 13.2 Å². The highest BCUT2D eigenvalue weighted by Crippen LogP contribution is 2.14. The van der Waals surface area contributed by atoms with Gasteiger partial charge in [-0.15, -0.1) is 0 Å².